The number of nitrogens with one attached hydrogen (secondary N) is 1. The molecule has 0 unspecified atom stereocenters. The van der Waals surface area contributed by atoms with E-state index in [0.29, 0.717) is 34.7 Å². The van der Waals surface area contributed by atoms with E-state index in [0.717, 1.165) is 5.56 Å². The van der Waals surface area contributed by atoms with Gasteiger partial charge in [0.15, 0.2) is 5.78 Å². The molecule has 0 saturated heterocycles. The third kappa shape index (κ3) is 3.14. The van der Waals surface area contributed by atoms with Gasteiger partial charge in [0.1, 0.15) is 0 Å². The molecule has 6 nitrogen and oxygen atoms in total. The highest BCUT2D eigenvalue weighted by molar-refractivity contribution is 6.34. The lowest BCUT2D eigenvalue weighted by molar-refractivity contribution is -0.385. The zero-order valence-electron chi connectivity index (χ0n) is 12.5. The fraction of sp³-hybridized carbons (Fsp3) is 0.176. The van der Waals surface area contributed by atoms with Gasteiger partial charge in [-0.25, -0.2) is 0 Å². The van der Waals surface area contributed by atoms with Crippen molar-refractivity contribution in [3.8, 4) is 0 Å². The Balaban J connectivity index is 1.80. The highest BCUT2D eigenvalue weighted by Crippen LogP contribution is 2.31. The van der Waals surface area contributed by atoms with Crippen LogP contribution in [0.25, 0.3) is 0 Å². The molecule has 1 aliphatic rings. The summed E-state index contributed by atoms with van der Waals surface area (Å²) >= 11 is 6.15. The minimum absolute atomic E-state index is 0.0239. The van der Waals surface area contributed by atoms with E-state index in [-0.39, 0.29) is 17.9 Å². The minimum atomic E-state index is -0.524. The van der Waals surface area contributed by atoms with Crippen LogP contribution in [0.2, 0.25) is 5.02 Å². The number of nitro groups is 1. The van der Waals surface area contributed by atoms with Crippen molar-refractivity contribution < 1.29 is 14.5 Å². The van der Waals surface area contributed by atoms with Crippen molar-refractivity contribution in [2.45, 2.75) is 19.3 Å². The lowest BCUT2D eigenvalue weighted by Crippen LogP contribution is -2.16. The summed E-state index contributed by atoms with van der Waals surface area (Å²) in [6.07, 6.45) is 0.941. The summed E-state index contributed by atoms with van der Waals surface area (Å²) < 4.78 is 0. The number of rotatable bonds is 4. The fourth-order valence-corrected chi connectivity index (χ4v) is 3.00. The average Bonchev–Trinajstić information content (AvgIpc) is 2.88. The monoisotopic (exact) mass is 344 g/mol. The third-order valence-electron chi connectivity index (χ3n) is 3.93. The largest absolute Gasteiger partial charge is 0.324 e. The molecule has 0 atom stereocenters. The number of fused-ring (bicyclic) bond motifs is 1. The summed E-state index contributed by atoms with van der Waals surface area (Å²) in [6, 6.07) is 9.32. The molecule has 0 radical (unpaired) electrons. The molecule has 122 valence electrons. The van der Waals surface area contributed by atoms with E-state index in [2.05, 4.69) is 5.32 Å². The lowest BCUT2D eigenvalue weighted by atomic mass is 10.1. The van der Waals surface area contributed by atoms with Crippen LogP contribution in [0.1, 0.15) is 27.9 Å². The SMILES string of the molecule is O=C(Cc1ccccc1[N+](=O)[O-])Nc1cc2c(cc1Cl)CCC2=O. The third-order valence-corrected chi connectivity index (χ3v) is 4.24. The van der Waals surface area contributed by atoms with Crippen molar-refractivity contribution >= 4 is 34.7 Å². The normalized spacial score (nSPS) is 12.8. The van der Waals surface area contributed by atoms with E-state index in [1.165, 1.54) is 12.1 Å². The summed E-state index contributed by atoms with van der Waals surface area (Å²) in [5.41, 5.74) is 1.99. The van der Waals surface area contributed by atoms with Gasteiger partial charge in [0.2, 0.25) is 5.91 Å². The Morgan fingerprint density at radius 3 is 2.75 bits per heavy atom. The van der Waals surface area contributed by atoms with E-state index in [1.54, 1.807) is 24.3 Å². The standard InChI is InChI=1S/C17H13ClN2O4/c18-13-7-10-5-6-16(21)12(10)9-14(13)19-17(22)8-11-3-1-2-4-15(11)20(23)24/h1-4,7,9H,5-6,8H2,(H,19,22). The highest BCUT2D eigenvalue weighted by Gasteiger charge is 2.22. The molecule has 2 aromatic carbocycles. The van der Waals surface area contributed by atoms with Gasteiger partial charge in [0.25, 0.3) is 5.69 Å². The van der Waals surface area contributed by atoms with E-state index in [9.17, 15) is 19.7 Å². The van der Waals surface area contributed by atoms with Crippen molar-refractivity contribution in [3.05, 3.63) is 68.2 Å². The summed E-state index contributed by atoms with van der Waals surface area (Å²) in [5.74, 6) is -0.410. The second kappa shape index (κ2) is 6.41. The first-order valence-corrected chi connectivity index (χ1v) is 7.71. The number of nitro benzene ring substituents is 1. The van der Waals surface area contributed by atoms with Gasteiger partial charge in [0, 0.05) is 23.6 Å². The number of ketones is 1. The van der Waals surface area contributed by atoms with Gasteiger partial charge in [-0.3, -0.25) is 19.7 Å². The Bertz CT molecular complexity index is 864. The molecule has 1 aliphatic carbocycles. The van der Waals surface area contributed by atoms with Gasteiger partial charge in [0.05, 0.1) is 22.1 Å². The van der Waals surface area contributed by atoms with Gasteiger partial charge in [-0.15, -0.1) is 0 Å². The average molecular weight is 345 g/mol. The smallest absolute Gasteiger partial charge is 0.273 e. The Labute approximate surface area is 142 Å². The van der Waals surface area contributed by atoms with Gasteiger partial charge in [-0.05, 0) is 24.1 Å². The Hall–Kier alpha value is -2.73. The quantitative estimate of drug-likeness (QED) is 0.678. The Morgan fingerprint density at radius 2 is 2.00 bits per heavy atom. The molecule has 0 heterocycles. The molecule has 0 spiro atoms. The number of carbonyl (C=O) groups excluding carboxylic acids is 2. The first kappa shape index (κ1) is 16.1. The highest BCUT2D eigenvalue weighted by atomic mass is 35.5. The number of para-hydroxylation sites is 1. The molecule has 3 rings (SSSR count). The summed E-state index contributed by atoms with van der Waals surface area (Å²) in [6.45, 7) is 0. The van der Waals surface area contributed by atoms with Gasteiger partial charge in [-0.2, -0.15) is 0 Å². The summed E-state index contributed by atoms with van der Waals surface area (Å²) in [4.78, 5) is 34.5. The number of nitrogens with zero attached hydrogens (tertiary/aromatic N) is 1. The summed E-state index contributed by atoms with van der Waals surface area (Å²) in [5, 5.41) is 14.0. The molecule has 0 fully saturated rings. The first-order valence-electron chi connectivity index (χ1n) is 7.33. The predicted molar refractivity (Wildman–Crippen MR) is 89.5 cm³/mol. The number of hydrogen-bond acceptors (Lipinski definition) is 4. The number of hydrogen-bond donors (Lipinski definition) is 1. The number of Topliss-reactive ketones (excluding diaryl/α,β-unsaturated/α-hetero) is 1. The maximum atomic E-state index is 12.2. The molecule has 2 aromatic rings. The van der Waals surface area contributed by atoms with Crippen LogP contribution in [0, 0.1) is 10.1 Å². The topological polar surface area (TPSA) is 89.3 Å². The minimum Gasteiger partial charge on any atom is -0.324 e. The lowest BCUT2D eigenvalue weighted by Gasteiger charge is -2.10. The zero-order chi connectivity index (χ0) is 17.3. The number of amides is 1. The molecule has 0 aliphatic heterocycles. The van der Waals surface area contributed by atoms with Crippen molar-refractivity contribution in [3.63, 3.8) is 0 Å². The second-order valence-electron chi connectivity index (χ2n) is 5.52. The van der Waals surface area contributed by atoms with E-state index in [1.807, 2.05) is 0 Å². The molecule has 0 saturated carbocycles. The van der Waals surface area contributed by atoms with Crippen molar-refractivity contribution in [1.29, 1.82) is 0 Å². The maximum Gasteiger partial charge on any atom is 0.273 e. The van der Waals surface area contributed by atoms with Crippen molar-refractivity contribution in [2.75, 3.05) is 5.32 Å². The molecule has 1 N–H and O–H groups in total. The van der Waals surface area contributed by atoms with Crippen LogP contribution in [0.4, 0.5) is 11.4 Å². The summed E-state index contributed by atoms with van der Waals surface area (Å²) in [7, 11) is 0. The van der Waals surface area contributed by atoms with Crippen LogP contribution >= 0.6 is 11.6 Å². The number of aryl methyl sites for hydroxylation is 1. The molecule has 0 aromatic heterocycles. The molecule has 24 heavy (non-hydrogen) atoms. The number of halogens is 1. The molecular formula is C17H13ClN2O4. The van der Waals surface area contributed by atoms with E-state index in [4.69, 9.17) is 11.6 Å². The van der Waals surface area contributed by atoms with Crippen LogP contribution in [-0.4, -0.2) is 16.6 Å². The van der Waals surface area contributed by atoms with Crippen LogP contribution in [-0.2, 0) is 17.6 Å². The van der Waals surface area contributed by atoms with Crippen LogP contribution in [0.5, 0.6) is 0 Å². The van der Waals surface area contributed by atoms with Gasteiger partial charge >= 0.3 is 0 Å². The molecule has 7 heteroatoms. The number of anilines is 1. The van der Waals surface area contributed by atoms with Gasteiger partial charge < -0.3 is 5.32 Å². The van der Waals surface area contributed by atoms with Crippen LogP contribution in [0.15, 0.2) is 36.4 Å². The molecule has 1 amide bonds. The fourth-order valence-electron chi connectivity index (χ4n) is 2.77. The van der Waals surface area contributed by atoms with E-state index < -0.39 is 10.8 Å². The Morgan fingerprint density at radius 1 is 1.25 bits per heavy atom. The predicted octanol–water partition coefficient (Wildman–Crippen LogP) is 3.56. The first-order chi connectivity index (χ1) is 11.5. The van der Waals surface area contributed by atoms with E-state index >= 15 is 0 Å². The molecule has 0 bridgehead atoms. The van der Waals surface area contributed by atoms with Crippen LogP contribution in [0.3, 0.4) is 0 Å². The maximum absolute atomic E-state index is 12.2. The van der Waals surface area contributed by atoms with Crippen molar-refractivity contribution in [2.24, 2.45) is 0 Å². The van der Waals surface area contributed by atoms with Gasteiger partial charge in [-0.1, -0.05) is 29.8 Å². The second-order valence-corrected chi connectivity index (χ2v) is 5.93. The zero-order valence-corrected chi connectivity index (χ0v) is 13.3. The number of carbonyl (C=O) groups is 2. The molecular weight excluding hydrogens is 332 g/mol. The number of benzene rings is 2. The van der Waals surface area contributed by atoms with Crippen LogP contribution < -0.4 is 5.32 Å². The Kier molecular flexibility index (Phi) is 4.31. The van der Waals surface area contributed by atoms with Crippen molar-refractivity contribution in [1.82, 2.24) is 0 Å².